The fourth-order valence-electron chi connectivity index (χ4n) is 1.84. The predicted molar refractivity (Wildman–Crippen MR) is 78.8 cm³/mol. The molecular formula is C12H16N4O4S. The summed E-state index contributed by atoms with van der Waals surface area (Å²) in [5.74, 6) is -0.448. The fourth-order valence-corrected chi connectivity index (χ4v) is 2.55. The summed E-state index contributed by atoms with van der Waals surface area (Å²) in [4.78, 5) is 28.9. The van der Waals surface area contributed by atoms with Crippen molar-refractivity contribution in [3.8, 4) is 0 Å². The van der Waals surface area contributed by atoms with Gasteiger partial charge in [0.15, 0.2) is 0 Å². The molecule has 0 saturated heterocycles. The number of nitrogens with zero attached hydrogens (tertiary/aromatic N) is 4. The predicted octanol–water partition coefficient (Wildman–Crippen LogP) is 2.08. The molecule has 0 aliphatic carbocycles. The number of imidazole rings is 1. The number of thiazole rings is 1. The lowest BCUT2D eigenvalue weighted by Gasteiger charge is -2.23. The summed E-state index contributed by atoms with van der Waals surface area (Å²) in [6.07, 6.45) is 1.34. The zero-order valence-electron chi connectivity index (χ0n) is 12.1. The molecule has 0 spiro atoms. The second-order valence-electron chi connectivity index (χ2n) is 4.84. The second-order valence-corrected chi connectivity index (χ2v) is 5.72. The Labute approximate surface area is 125 Å². The highest BCUT2D eigenvalue weighted by atomic mass is 32.1. The van der Waals surface area contributed by atoms with Gasteiger partial charge in [-0.05, 0) is 25.7 Å². The van der Waals surface area contributed by atoms with E-state index in [0.717, 1.165) is 0 Å². The van der Waals surface area contributed by atoms with Crippen LogP contribution in [-0.2, 0) is 9.53 Å². The number of hydrogen-bond donors (Lipinski definition) is 0. The van der Waals surface area contributed by atoms with E-state index in [4.69, 9.17) is 4.74 Å². The molecule has 2 heterocycles. The van der Waals surface area contributed by atoms with Gasteiger partial charge in [0.2, 0.25) is 5.82 Å². The lowest BCUT2D eigenvalue weighted by atomic mass is 10.3. The number of hydrogen-bond acceptors (Lipinski definition) is 7. The van der Waals surface area contributed by atoms with Gasteiger partial charge >= 0.3 is 11.8 Å². The number of carbonyl (C=O) groups is 1. The van der Waals surface area contributed by atoms with E-state index in [1.54, 1.807) is 39.4 Å². The minimum Gasteiger partial charge on any atom is -0.461 e. The van der Waals surface area contributed by atoms with Gasteiger partial charge in [0, 0.05) is 12.4 Å². The van der Waals surface area contributed by atoms with Crippen LogP contribution in [0, 0.1) is 10.1 Å². The number of aromatic nitrogens is 2. The molecule has 0 bridgehead atoms. The standard InChI is InChI=1S/C12H16N4O4S/c1-7(2)20-11(17)8(3)14(4)9-10(16(18)19)15-5-6-21-12(15)13-9/h5-8H,1-4H3. The lowest BCUT2D eigenvalue weighted by molar-refractivity contribution is -0.389. The molecule has 0 amide bonds. The normalized spacial score (nSPS) is 12.6. The van der Waals surface area contributed by atoms with Crippen molar-refractivity contribution in [1.29, 1.82) is 0 Å². The van der Waals surface area contributed by atoms with E-state index in [-0.39, 0.29) is 17.7 Å². The molecule has 8 nitrogen and oxygen atoms in total. The molecule has 0 aliphatic rings. The minimum atomic E-state index is -0.671. The highest BCUT2D eigenvalue weighted by molar-refractivity contribution is 7.15. The molecule has 1 atom stereocenters. The molecule has 2 aromatic heterocycles. The lowest BCUT2D eigenvalue weighted by Crippen LogP contribution is -2.38. The number of ether oxygens (including phenoxy) is 1. The summed E-state index contributed by atoms with van der Waals surface area (Å²) in [7, 11) is 1.59. The number of fused-ring (bicyclic) bond motifs is 1. The molecule has 2 aromatic rings. The zero-order valence-corrected chi connectivity index (χ0v) is 13.0. The van der Waals surface area contributed by atoms with E-state index in [2.05, 4.69) is 4.98 Å². The van der Waals surface area contributed by atoms with Crippen LogP contribution in [0.2, 0.25) is 0 Å². The van der Waals surface area contributed by atoms with Crippen LogP contribution in [0.3, 0.4) is 0 Å². The molecule has 1 unspecified atom stereocenters. The second kappa shape index (κ2) is 5.68. The Morgan fingerprint density at radius 2 is 2.19 bits per heavy atom. The van der Waals surface area contributed by atoms with Crippen LogP contribution in [0.25, 0.3) is 4.96 Å². The van der Waals surface area contributed by atoms with Crippen molar-refractivity contribution >= 4 is 33.9 Å². The molecule has 0 fully saturated rings. The number of esters is 1. The maximum Gasteiger partial charge on any atom is 0.373 e. The van der Waals surface area contributed by atoms with Gasteiger partial charge < -0.3 is 19.8 Å². The van der Waals surface area contributed by atoms with Crippen molar-refractivity contribution in [1.82, 2.24) is 9.38 Å². The first-order chi connectivity index (χ1) is 9.82. The van der Waals surface area contributed by atoms with Crippen molar-refractivity contribution in [2.24, 2.45) is 0 Å². The summed E-state index contributed by atoms with van der Waals surface area (Å²) >= 11 is 1.29. The third-order valence-corrected chi connectivity index (χ3v) is 3.76. The zero-order chi connectivity index (χ0) is 15.7. The van der Waals surface area contributed by atoms with Crippen molar-refractivity contribution in [3.63, 3.8) is 0 Å². The number of carbonyl (C=O) groups excluding carboxylic acids is 1. The van der Waals surface area contributed by atoms with Gasteiger partial charge in [-0.25, -0.2) is 4.79 Å². The Kier molecular flexibility index (Phi) is 4.12. The summed E-state index contributed by atoms with van der Waals surface area (Å²) in [5.41, 5.74) is 0. The largest absolute Gasteiger partial charge is 0.461 e. The van der Waals surface area contributed by atoms with Gasteiger partial charge in [-0.2, -0.15) is 9.38 Å². The highest BCUT2D eigenvalue weighted by Crippen LogP contribution is 2.31. The molecule has 0 radical (unpaired) electrons. The molecular weight excluding hydrogens is 296 g/mol. The van der Waals surface area contributed by atoms with E-state index >= 15 is 0 Å². The summed E-state index contributed by atoms with van der Waals surface area (Å²) < 4.78 is 6.53. The Hall–Kier alpha value is -2.16. The molecule has 21 heavy (non-hydrogen) atoms. The van der Waals surface area contributed by atoms with Crippen LogP contribution < -0.4 is 4.90 Å². The Morgan fingerprint density at radius 1 is 1.52 bits per heavy atom. The van der Waals surface area contributed by atoms with Gasteiger partial charge in [0.05, 0.1) is 6.10 Å². The highest BCUT2D eigenvalue weighted by Gasteiger charge is 2.31. The van der Waals surface area contributed by atoms with E-state index < -0.39 is 16.9 Å². The summed E-state index contributed by atoms with van der Waals surface area (Å²) in [6.45, 7) is 5.13. The maximum absolute atomic E-state index is 11.9. The Morgan fingerprint density at radius 3 is 2.76 bits per heavy atom. The maximum atomic E-state index is 11.9. The van der Waals surface area contributed by atoms with Gasteiger partial charge in [0.1, 0.15) is 12.2 Å². The quantitative estimate of drug-likeness (QED) is 0.477. The van der Waals surface area contributed by atoms with E-state index in [1.165, 1.54) is 20.6 Å². The SMILES string of the molecule is CC(C)OC(=O)C(C)N(C)c1nc2sccn2c1[N+](=O)[O-]. The third kappa shape index (κ3) is 2.82. The van der Waals surface area contributed by atoms with Gasteiger partial charge in [-0.3, -0.25) is 0 Å². The first-order valence-electron chi connectivity index (χ1n) is 6.36. The smallest absolute Gasteiger partial charge is 0.373 e. The topological polar surface area (TPSA) is 90.0 Å². The molecule has 0 aromatic carbocycles. The van der Waals surface area contributed by atoms with Crippen molar-refractivity contribution in [2.45, 2.75) is 32.9 Å². The molecule has 114 valence electrons. The fraction of sp³-hybridized carbons (Fsp3) is 0.500. The van der Waals surface area contributed by atoms with E-state index in [1.807, 2.05) is 0 Å². The number of rotatable bonds is 5. The van der Waals surface area contributed by atoms with Gasteiger partial charge in [0.25, 0.3) is 4.96 Å². The van der Waals surface area contributed by atoms with Crippen molar-refractivity contribution in [3.05, 3.63) is 21.7 Å². The van der Waals surface area contributed by atoms with Gasteiger partial charge in [-0.15, -0.1) is 0 Å². The van der Waals surface area contributed by atoms with E-state index in [0.29, 0.717) is 4.96 Å². The van der Waals surface area contributed by atoms with Crippen LogP contribution in [-0.4, -0.2) is 39.5 Å². The van der Waals surface area contributed by atoms with Crippen molar-refractivity contribution in [2.75, 3.05) is 11.9 Å². The van der Waals surface area contributed by atoms with Gasteiger partial charge in [-0.1, -0.05) is 11.3 Å². The average Bonchev–Trinajstić information content (AvgIpc) is 2.94. The first-order valence-corrected chi connectivity index (χ1v) is 7.24. The number of nitro groups is 1. The number of anilines is 1. The third-order valence-electron chi connectivity index (χ3n) is 3.00. The van der Waals surface area contributed by atoms with Crippen LogP contribution in [0.4, 0.5) is 11.6 Å². The minimum absolute atomic E-state index is 0.153. The first kappa shape index (κ1) is 15.2. The molecule has 9 heteroatoms. The average molecular weight is 312 g/mol. The summed E-state index contributed by atoms with van der Waals surface area (Å²) in [6, 6.07) is -0.671. The molecule has 0 N–H and O–H groups in total. The monoisotopic (exact) mass is 312 g/mol. The van der Waals surface area contributed by atoms with Crippen LogP contribution in [0.1, 0.15) is 20.8 Å². The molecule has 2 rings (SSSR count). The van der Waals surface area contributed by atoms with Crippen molar-refractivity contribution < 1.29 is 14.5 Å². The summed E-state index contributed by atoms with van der Waals surface area (Å²) in [5, 5.41) is 13.0. The number of likely N-dealkylation sites (N-methyl/N-ethyl adjacent to an activating group) is 1. The van der Waals surface area contributed by atoms with Crippen LogP contribution in [0.15, 0.2) is 11.6 Å². The Balaban J connectivity index is 2.36. The van der Waals surface area contributed by atoms with Crippen LogP contribution in [0.5, 0.6) is 0 Å². The molecule has 0 aliphatic heterocycles. The Bertz CT molecular complexity index is 678. The molecule has 0 saturated carbocycles. The van der Waals surface area contributed by atoms with Crippen LogP contribution >= 0.6 is 11.3 Å². The van der Waals surface area contributed by atoms with E-state index in [9.17, 15) is 14.9 Å².